The fraction of sp³-hybridized carbons (Fsp3) is 0. The monoisotopic (exact) mass is 358 g/mol. The predicted molar refractivity (Wildman–Crippen MR) is 99.2 cm³/mol. The topological polar surface area (TPSA) is 105 Å². The number of nitrogens with zero attached hydrogens (tertiary/aromatic N) is 3. The number of nitro benzene ring substituents is 1. The van der Waals surface area contributed by atoms with Crippen LogP contribution in [0.15, 0.2) is 76.1 Å². The minimum Gasteiger partial charge on any atom is -0.872 e. The van der Waals surface area contributed by atoms with Crippen LogP contribution in [0.5, 0.6) is 5.75 Å². The van der Waals surface area contributed by atoms with Crippen molar-refractivity contribution in [1.82, 2.24) is 4.98 Å². The summed E-state index contributed by atoms with van der Waals surface area (Å²) in [6.45, 7) is 0. The largest absolute Gasteiger partial charge is 0.872 e. The number of hydrogen-bond acceptors (Lipinski definition) is 6. The number of rotatable bonds is 4. The van der Waals surface area contributed by atoms with Crippen molar-refractivity contribution in [2.45, 2.75) is 0 Å². The molecule has 4 rings (SSSR count). The second-order valence-electron chi connectivity index (χ2n) is 5.77. The molecule has 1 aromatic heterocycles. The quantitative estimate of drug-likeness (QED) is 0.308. The lowest BCUT2D eigenvalue weighted by Crippen LogP contribution is -1.98. The van der Waals surface area contributed by atoms with E-state index in [9.17, 15) is 15.2 Å². The van der Waals surface area contributed by atoms with Gasteiger partial charge in [-0.3, -0.25) is 15.1 Å². The molecular weight excluding hydrogens is 346 g/mol. The van der Waals surface area contributed by atoms with Crippen molar-refractivity contribution < 1.29 is 14.4 Å². The number of hydrogen-bond donors (Lipinski definition) is 0. The molecule has 7 heteroatoms. The van der Waals surface area contributed by atoms with E-state index in [-0.39, 0.29) is 17.0 Å². The zero-order valence-corrected chi connectivity index (χ0v) is 13.9. The van der Waals surface area contributed by atoms with Gasteiger partial charge in [-0.1, -0.05) is 30.0 Å². The van der Waals surface area contributed by atoms with E-state index in [0.717, 1.165) is 11.6 Å². The Morgan fingerprint density at radius 3 is 2.63 bits per heavy atom. The van der Waals surface area contributed by atoms with Crippen molar-refractivity contribution in [2.75, 3.05) is 0 Å². The van der Waals surface area contributed by atoms with Crippen molar-refractivity contribution in [3.05, 3.63) is 82.4 Å². The molecule has 0 aliphatic heterocycles. The number of oxazole rings is 1. The highest BCUT2D eigenvalue weighted by atomic mass is 16.6. The predicted octanol–water partition coefficient (Wildman–Crippen LogP) is 4.23. The summed E-state index contributed by atoms with van der Waals surface area (Å²) in [5.74, 6) is 0.172. The summed E-state index contributed by atoms with van der Waals surface area (Å²) in [6, 6.07) is 18.3. The number of aliphatic imine (C=N–C) groups is 1. The number of fused-ring (bicyclic) bond motifs is 1. The molecule has 0 spiro atoms. The van der Waals surface area contributed by atoms with E-state index < -0.39 is 4.92 Å². The highest BCUT2D eigenvalue weighted by Crippen LogP contribution is 2.27. The van der Waals surface area contributed by atoms with Gasteiger partial charge in [0.15, 0.2) is 5.58 Å². The van der Waals surface area contributed by atoms with E-state index >= 15 is 0 Å². The Morgan fingerprint density at radius 1 is 1.04 bits per heavy atom. The standard InChI is InChI=1S/C20H13N3O4/c24-18-8-7-16(23(25)26)10-14(18)12-21-15-6-9-19-17(11-15)22-20(27-19)13-4-2-1-3-5-13/h1-12,24H/p-1. The Labute approximate surface area is 153 Å². The average Bonchev–Trinajstić information content (AvgIpc) is 3.11. The van der Waals surface area contributed by atoms with E-state index in [1.807, 2.05) is 30.3 Å². The third-order valence-corrected chi connectivity index (χ3v) is 3.95. The molecule has 1 heterocycles. The van der Waals surface area contributed by atoms with Gasteiger partial charge in [0.25, 0.3) is 5.69 Å². The summed E-state index contributed by atoms with van der Waals surface area (Å²) in [5, 5.41) is 22.7. The van der Waals surface area contributed by atoms with Gasteiger partial charge in [0.05, 0.1) is 10.6 Å². The smallest absolute Gasteiger partial charge is 0.270 e. The van der Waals surface area contributed by atoms with Crippen LogP contribution in [0, 0.1) is 10.1 Å². The summed E-state index contributed by atoms with van der Waals surface area (Å²) in [5.41, 5.74) is 2.66. The SMILES string of the molecule is O=[N+]([O-])c1ccc([O-])c(C=Nc2ccc3oc(-c4ccccc4)nc3c2)c1. The van der Waals surface area contributed by atoms with Crippen molar-refractivity contribution in [1.29, 1.82) is 0 Å². The first-order valence-electron chi connectivity index (χ1n) is 8.06. The van der Waals surface area contributed by atoms with Crippen molar-refractivity contribution in [3.8, 4) is 17.2 Å². The molecule has 0 N–H and O–H groups in total. The molecule has 0 aliphatic carbocycles. The Kier molecular flexibility index (Phi) is 4.10. The lowest BCUT2D eigenvalue weighted by molar-refractivity contribution is -0.385. The minimum absolute atomic E-state index is 0.148. The molecule has 0 saturated carbocycles. The van der Waals surface area contributed by atoms with Crippen LogP contribution in [0.25, 0.3) is 22.6 Å². The van der Waals surface area contributed by atoms with E-state index in [2.05, 4.69) is 9.98 Å². The van der Waals surface area contributed by atoms with Crippen LogP contribution in [-0.2, 0) is 0 Å². The summed E-state index contributed by atoms with van der Waals surface area (Å²) in [7, 11) is 0. The Hall–Kier alpha value is -4.00. The molecule has 4 aromatic rings. The maximum atomic E-state index is 11.8. The number of aromatic nitrogens is 1. The molecular formula is C20H12N3O4-. The summed E-state index contributed by atoms with van der Waals surface area (Å²) < 4.78 is 5.75. The second-order valence-corrected chi connectivity index (χ2v) is 5.77. The van der Waals surface area contributed by atoms with E-state index in [1.165, 1.54) is 18.3 Å². The normalized spacial score (nSPS) is 11.3. The lowest BCUT2D eigenvalue weighted by Gasteiger charge is -2.08. The van der Waals surface area contributed by atoms with E-state index in [0.29, 0.717) is 22.7 Å². The molecule has 132 valence electrons. The van der Waals surface area contributed by atoms with Crippen LogP contribution < -0.4 is 5.11 Å². The Bertz CT molecular complexity index is 1170. The van der Waals surface area contributed by atoms with Gasteiger partial charge in [0, 0.05) is 23.9 Å². The Balaban J connectivity index is 1.66. The summed E-state index contributed by atoms with van der Waals surface area (Å²) in [4.78, 5) is 19.0. The van der Waals surface area contributed by atoms with Crippen molar-refractivity contribution >= 4 is 28.7 Å². The maximum Gasteiger partial charge on any atom is 0.270 e. The number of nitro groups is 1. The van der Waals surface area contributed by atoms with Gasteiger partial charge in [-0.2, -0.15) is 0 Å². The van der Waals surface area contributed by atoms with Gasteiger partial charge >= 0.3 is 0 Å². The summed E-state index contributed by atoms with van der Waals surface area (Å²) in [6.07, 6.45) is 1.31. The molecule has 0 radical (unpaired) electrons. The molecule has 7 nitrogen and oxygen atoms in total. The lowest BCUT2D eigenvalue weighted by atomic mass is 10.2. The zero-order valence-electron chi connectivity index (χ0n) is 13.9. The van der Waals surface area contributed by atoms with E-state index in [4.69, 9.17) is 4.42 Å². The zero-order chi connectivity index (χ0) is 18.8. The van der Waals surface area contributed by atoms with Crippen molar-refractivity contribution in [3.63, 3.8) is 0 Å². The molecule has 0 fully saturated rings. The first kappa shape index (κ1) is 16.5. The van der Waals surface area contributed by atoms with Gasteiger partial charge in [0.2, 0.25) is 5.89 Å². The van der Waals surface area contributed by atoms with Crippen molar-refractivity contribution in [2.24, 2.45) is 4.99 Å². The minimum atomic E-state index is -0.552. The molecule has 0 aliphatic rings. The van der Waals surface area contributed by atoms with Gasteiger partial charge in [-0.15, -0.1) is 0 Å². The van der Waals surface area contributed by atoms with Gasteiger partial charge in [-0.25, -0.2) is 4.98 Å². The molecule has 3 aromatic carbocycles. The highest BCUT2D eigenvalue weighted by Gasteiger charge is 2.08. The van der Waals surface area contributed by atoms with Gasteiger partial charge in [-0.05, 0) is 35.9 Å². The van der Waals surface area contributed by atoms with Crippen LogP contribution in [0.4, 0.5) is 11.4 Å². The van der Waals surface area contributed by atoms with Gasteiger partial charge < -0.3 is 9.52 Å². The molecule has 0 unspecified atom stereocenters. The highest BCUT2D eigenvalue weighted by molar-refractivity contribution is 5.87. The average molecular weight is 358 g/mol. The molecule has 27 heavy (non-hydrogen) atoms. The van der Waals surface area contributed by atoms with Crippen LogP contribution in [0.3, 0.4) is 0 Å². The van der Waals surface area contributed by atoms with Crippen LogP contribution in [0.1, 0.15) is 5.56 Å². The van der Waals surface area contributed by atoms with Gasteiger partial charge in [0.1, 0.15) is 5.52 Å². The third kappa shape index (κ3) is 3.38. The molecule has 0 amide bonds. The first-order chi connectivity index (χ1) is 13.1. The summed E-state index contributed by atoms with van der Waals surface area (Å²) >= 11 is 0. The number of non-ortho nitro benzene ring substituents is 1. The maximum absolute atomic E-state index is 11.8. The molecule has 0 atom stereocenters. The second kappa shape index (κ2) is 6.72. The third-order valence-electron chi connectivity index (χ3n) is 3.95. The van der Waals surface area contributed by atoms with Crippen LogP contribution in [-0.4, -0.2) is 16.1 Å². The number of benzene rings is 3. The van der Waals surface area contributed by atoms with E-state index in [1.54, 1.807) is 18.2 Å². The fourth-order valence-electron chi connectivity index (χ4n) is 2.59. The fourth-order valence-corrected chi connectivity index (χ4v) is 2.59. The molecule has 0 bridgehead atoms. The Morgan fingerprint density at radius 2 is 1.85 bits per heavy atom. The van der Waals surface area contributed by atoms with Crippen LogP contribution >= 0.6 is 0 Å². The van der Waals surface area contributed by atoms with Crippen LogP contribution in [0.2, 0.25) is 0 Å². The molecule has 0 saturated heterocycles. The first-order valence-corrected chi connectivity index (χ1v) is 8.06.